The van der Waals surface area contributed by atoms with Gasteiger partial charge < -0.3 is 15.5 Å². The van der Waals surface area contributed by atoms with E-state index in [0.717, 1.165) is 18.4 Å². The minimum atomic E-state index is -0.852. The lowest BCUT2D eigenvalue weighted by molar-refractivity contribution is -0.384. The molecule has 180 valence electrons. The van der Waals surface area contributed by atoms with Crippen LogP contribution in [0.5, 0.6) is 0 Å². The first-order valence-corrected chi connectivity index (χ1v) is 11.5. The van der Waals surface area contributed by atoms with Crippen molar-refractivity contribution in [2.24, 2.45) is 0 Å². The van der Waals surface area contributed by atoms with Gasteiger partial charge >= 0.3 is 6.03 Å². The van der Waals surface area contributed by atoms with E-state index in [1.54, 1.807) is 13.1 Å². The number of likely N-dealkylation sites (N-methyl/N-ethyl adjacent to an activating group) is 1. The summed E-state index contributed by atoms with van der Waals surface area (Å²) in [6, 6.07) is 13.5. The molecule has 2 heterocycles. The van der Waals surface area contributed by atoms with Gasteiger partial charge in [-0.05, 0) is 24.0 Å². The molecule has 3 aliphatic rings. The van der Waals surface area contributed by atoms with Crippen LogP contribution in [0.15, 0.2) is 65.9 Å². The molecule has 1 aliphatic carbocycles. The average Bonchev–Trinajstić information content (AvgIpc) is 3.61. The molecule has 2 N–H and O–H groups in total. The number of rotatable bonds is 7. The Bertz CT molecular complexity index is 1240. The zero-order valence-corrected chi connectivity index (χ0v) is 19.1. The maximum absolute atomic E-state index is 13.8. The second-order valence-electron chi connectivity index (χ2n) is 9.08. The number of amides is 4. The highest BCUT2D eigenvalue weighted by molar-refractivity contribution is 6.03. The first-order chi connectivity index (χ1) is 16.8. The monoisotopic (exact) mass is 475 g/mol. The minimum Gasteiger partial charge on any atom is -0.352 e. The summed E-state index contributed by atoms with van der Waals surface area (Å²) in [6.45, 7) is 0.0963. The van der Waals surface area contributed by atoms with Gasteiger partial charge in [0.2, 0.25) is 5.91 Å². The summed E-state index contributed by atoms with van der Waals surface area (Å²) < 4.78 is 0. The summed E-state index contributed by atoms with van der Waals surface area (Å²) in [6.07, 6.45) is 2.17. The number of carbonyl (C=O) groups is 3. The fraction of sp³-hybridized carbons (Fsp3) is 0.320. The zero-order chi connectivity index (χ0) is 24.7. The molecule has 10 heteroatoms. The number of nitrogens with zero attached hydrogens (tertiary/aromatic N) is 3. The lowest BCUT2D eigenvalue weighted by Gasteiger charge is -2.31. The van der Waals surface area contributed by atoms with Crippen molar-refractivity contribution in [2.75, 3.05) is 13.6 Å². The van der Waals surface area contributed by atoms with Crippen molar-refractivity contribution in [1.29, 1.82) is 0 Å². The third kappa shape index (κ3) is 4.34. The highest BCUT2D eigenvalue weighted by atomic mass is 16.6. The Morgan fingerprint density at radius 1 is 1.17 bits per heavy atom. The molecule has 0 aromatic heterocycles. The molecule has 2 atom stereocenters. The van der Waals surface area contributed by atoms with Gasteiger partial charge in [0.25, 0.3) is 11.6 Å². The molecule has 0 spiro atoms. The standard InChI is InChI=1S/C25H25N5O5/c1-28-20-14-29(19(23(31)26-17-10-11-17)12-15-6-3-2-4-7-15)24(32)21(20)22(27-25(28)33)16-8-5-9-18(13-16)30(34)35/h2-9,13,17,19,22H,10-12,14H2,1H3,(H,26,31)(H,27,33)/t19-,22+/m1/s1. The lowest BCUT2D eigenvalue weighted by atomic mass is 9.95. The van der Waals surface area contributed by atoms with Crippen LogP contribution < -0.4 is 10.6 Å². The van der Waals surface area contributed by atoms with E-state index >= 15 is 0 Å². The van der Waals surface area contributed by atoms with E-state index in [1.807, 2.05) is 30.3 Å². The minimum absolute atomic E-state index is 0.0963. The molecule has 0 bridgehead atoms. The van der Waals surface area contributed by atoms with Gasteiger partial charge in [0.05, 0.1) is 28.8 Å². The van der Waals surface area contributed by atoms with Crippen LogP contribution in [0.25, 0.3) is 0 Å². The first kappa shape index (κ1) is 22.6. The number of nitro benzene ring substituents is 1. The summed E-state index contributed by atoms with van der Waals surface area (Å²) in [7, 11) is 1.57. The smallest absolute Gasteiger partial charge is 0.322 e. The summed E-state index contributed by atoms with van der Waals surface area (Å²) >= 11 is 0. The van der Waals surface area contributed by atoms with Crippen molar-refractivity contribution >= 4 is 23.5 Å². The molecule has 10 nitrogen and oxygen atoms in total. The maximum atomic E-state index is 13.8. The Morgan fingerprint density at radius 2 is 1.91 bits per heavy atom. The van der Waals surface area contributed by atoms with E-state index in [-0.39, 0.29) is 30.1 Å². The van der Waals surface area contributed by atoms with E-state index in [4.69, 9.17) is 0 Å². The van der Waals surface area contributed by atoms with E-state index in [9.17, 15) is 24.5 Å². The first-order valence-electron chi connectivity index (χ1n) is 11.5. The second kappa shape index (κ2) is 8.86. The van der Waals surface area contributed by atoms with Crippen molar-refractivity contribution in [3.63, 3.8) is 0 Å². The molecule has 0 unspecified atom stereocenters. The normalized spacial score (nSPS) is 20.4. The molecule has 5 rings (SSSR count). The molecule has 0 saturated heterocycles. The lowest BCUT2D eigenvalue weighted by Crippen LogP contribution is -2.50. The largest absolute Gasteiger partial charge is 0.352 e. The van der Waals surface area contributed by atoms with Gasteiger partial charge in [0.1, 0.15) is 6.04 Å². The Balaban J connectivity index is 1.50. The molecular weight excluding hydrogens is 450 g/mol. The average molecular weight is 476 g/mol. The fourth-order valence-corrected chi connectivity index (χ4v) is 4.61. The van der Waals surface area contributed by atoms with Crippen molar-refractivity contribution in [3.05, 3.63) is 87.1 Å². The molecule has 4 amide bonds. The van der Waals surface area contributed by atoms with Gasteiger partial charge in [-0.15, -0.1) is 0 Å². The third-order valence-electron chi connectivity index (χ3n) is 6.68. The van der Waals surface area contributed by atoms with Crippen LogP contribution >= 0.6 is 0 Å². The number of hydrogen-bond acceptors (Lipinski definition) is 5. The zero-order valence-electron chi connectivity index (χ0n) is 19.1. The van der Waals surface area contributed by atoms with Crippen LogP contribution in [0, 0.1) is 10.1 Å². The Kier molecular flexibility index (Phi) is 5.72. The highest BCUT2D eigenvalue weighted by Gasteiger charge is 2.46. The SMILES string of the molecule is CN1C(=O)N[C@@H](c2cccc([N+](=O)[O-])c2)C2=C1CN([C@H](Cc1ccccc1)C(=O)NC1CC1)C2=O. The van der Waals surface area contributed by atoms with Gasteiger partial charge in [0, 0.05) is 31.6 Å². The number of non-ortho nitro benzene ring substituents is 1. The Hall–Kier alpha value is -4.21. The van der Waals surface area contributed by atoms with Gasteiger partial charge in [-0.25, -0.2) is 4.79 Å². The molecule has 0 radical (unpaired) electrons. The highest BCUT2D eigenvalue weighted by Crippen LogP contribution is 2.37. The summed E-state index contributed by atoms with van der Waals surface area (Å²) in [5.41, 5.74) is 2.03. The van der Waals surface area contributed by atoms with Crippen LogP contribution in [0.1, 0.15) is 30.0 Å². The number of nitrogens with one attached hydrogen (secondary N) is 2. The summed E-state index contributed by atoms with van der Waals surface area (Å²) in [4.78, 5) is 53.5. The van der Waals surface area contributed by atoms with Crippen molar-refractivity contribution in [2.45, 2.75) is 37.4 Å². The maximum Gasteiger partial charge on any atom is 0.322 e. The number of nitro groups is 1. The van der Waals surface area contributed by atoms with Crippen molar-refractivity contribution in [1.82, 2.24) is 20.4 Å². The molecule has 2 aromatic carbocycles. The Labute approximate surface area is 201 Å². The number of hydrogen-bond donors (Lipinski definition) is 2. The molecule has 1 fully saturated rings. The number of carbonyl (C=O) groups excluding carboxylic acids is 3. The topological polar surface area (TPSA) is 125 Å². The van der Waals surface area contributed by atoms with Crippen LogP contribution in [0.3, 0.4) is 0 Å². The van der Waals surface area contributed by atoms with Gasteiger partial charge in [-0.3, -0.25) is 24.6 Å². The van der Waals surface area contributed by atoms with Crippen LogP contribution in [0.4, 0.5) is 10.5 Å². The van der Waals surface area contributed by atoms with E-state index in [2.05, 4.69) is 10.6 Å². The van der Waals surface area contributed by atoms with E-state index in [0.29, 0.717) is 23.3 Å². The summed E-state index contributed by atoms with van der Waals surface area (Å²) in [5, 5.41) is 17.1. The molecule has 35 heavy (non-hydrogen) atoms. The quantitative estimate of drug-likeness (QED) is 0.470. The van der Waals surface area contributed by atoms with E-state index < -0.39 is 23.0 Å². The summed E-state index contributed by atoms with van der Waals surface area (Å²) in [5.74, 6) is -0.589. The molecule has 1 saturated carbocycles. The van der Waals surface area contributed by atoms with E-state index in [1.165, 1.54) is 28.0 Å². The predicted molar refractivity (Wildman–Crippen MR) is 126 cm³/mol. The molecular formula is C25H25N5O5. The van der Waals surface area contributed by atoms with Crippen molar-refractivity contribution < 1.29 is 19.3 Å². The van der Waals surface area contributed by atoms with Gasteiger partial charge in [-0.2, -0.15) is 0 Å². The molecule has 2 aliphatic heterocycles. The van der Waals surface area contributed by atoms with Gasteiger partial charge in [-0.1, -0.05) is 42.5 Å². The van der Waals surface area contributed by atoms with Crippen molar-refractivity contribution in [3.8, 4) is 0 Å². The fourth-order valence-electron chi connectivity index (χ4n) is 4.61. The van der Waals surface area contributed by atoms with Gasteiger partial charge in [0.15, 0.2) is 0 Å². The number of urea groups is 1. The molecule has 2 aromatic rings. The van der Waals surface area contributed by atoms with Crippen LogP contribution in [0.2, 0.25) is 0 Å². The van der Waals surface area contributed by atoms with Crippen LogP contribution in [-0.2, 0) is 16.0 Å². The van der Waals surface area contributed by atoms with Crippen LogP contribution in [-0.4, -0.2) is 58.2 Å². The number of benzene rings is 2. The third-order valence-corrected chi connectivity index (χ3v) is 6.68. The predicted octanol–water partition coefficient (Wildman–Crippen LogP) is 2.28. The Morgan fingerprint density at radius 3 is 2.60 bits per heavy atom. The second-order valence-corrected chi connectivity index (χ2v) is 9.08.